The SMILES string of the molecule is Cc1ncc(N2C[C@@H](C)C[C@@H](CC(=O)CC3CCN(C)C3)C2)c2cccnc12. The molecule has 0 N–H and O–H groups in total. The van der Waals surface area contributed by atoms with Crippen LogP contribution in [0.15, 0.2) is 24.5 Å². The number of rotatable bonds is 5. The molecule has 4 rings (SSSR count). The van der Waals surface area contributed by atoms with E-state index in [0.29, 0.717) is 23.5 Å². The first-order chi connectivity index (χ1) is 13.5. The molecule has 4 heterocycles. The van der Waals surface area contributed by atoms with Gasteiger partial charge in [0.2, 0.25) is 0 Å². The molecule has 0 aromatic carbocycles. The van der Waals surface area contributed by atoms with Crippen molar-refractivity contribution in [2.24, 2.45) is 17.8 Å². The molecule has 150 valence electrons. The third-order valence-electron chi connectivity index (χ3n) is 6.42. The molecule has 3 atom stereocenters. The number of carbonyl (C=O) groups is 1. The van der Waals surface area contributed by atoms with Crippen LogP contribution in [0.3, 0.4) is 0 Å². The maximum absolute atomic E-state index is 12.7. The van der Waals surface area contributed by atoms with Crippen LogP contribution < -0.4 is 4.90 Å². The first kappa shape index (κ1) is 19.3. The van der Waals surface area contributed by atoms with Gasteiger partial charge in [-0.3, -0.25) is 14.8 Å². The Hall–Kier alpha value is -2.01. The van der Waals surface area contributed by atoms with Crippen molar-refractivity contribution in [3.05, 3.63) is 30.2 Å². The molecule has 0 radical (unpaired) electrons. The molecule has 2 aliphatic rings. The fourth-order valence-corrected chi connectivity index (χ4v) is 5.19. The lowest BCUT2D eigenvalue weighted by Gasteiger charge is -2.38. The number of carbonyl (C=O) groups excluding carboxylic acids is 1. The molecule has 5 nitrogen and oxygen atoms in total. The van der Waals surface area contributed by atoms with Crippen molar-refractivity contribution in [3.63, 3.8) is 0 Å². The average Bonchev–Trinajstić information content (AvgIpc) is 3.06. The second-order valence-electron chi connectivity index (χ2n) is 9.10. The number of aromatic nitrogens is 2. The number of fused-ring (bicyclic) bond motifs is 1. The summed E-state index contributed by atoms with van der Waals surface area (Å²) in [6.45, 7) is 8.49. The number of anilines is 1. The third kappa shape index (κ3) is 4.19. The Morgan fingerprint density at radius 2 is 2.00 bits per heavy atom. The smallest absolute Gasteiger partial charge is 0.133 e. The number of hydrogen-bond acceptors (Lipinski definition) is 5. The summed E-state index contributed by atoms with van der Waals surface area (Å²) in [5, 5.41) is 1.17. The lowest BCUT2D eigenvalue weighted by molar-refractivity contribution is -0.120. The quantitative estimate of drug-likeness (QED) is 0.792. The van der Waals surface area contributed by atoms with Gasteiger partial charge in [0.1, 0.15) is 5.78 Å². The number of nitrogens with zero attached hydrogens (tertiary/aromatic N) is 4. The highest BCUT2D eigenvalue weighted by molar-refractivity contribution is 5.92. The van der Waals surface area contributed by atoms with Crippen LogP contribution in [0.4, 0.5) is 5.69 Å². The zero-order valence-corrected chi connectivity index (χ0v) is 17.4. The molecular weight excluding hydrogens is 348 g/mol. The summed E-state index contributed by atoms with van der Waals surface area (Å²) in [5.74, 6) is 2.03. The van der Waals surface area contributed by atoms with E-state index in [1.54, 1.807) is 0 Å². The summed E-state index contributed by atoms with van der Waals surface area (Å²) in [7, 11) is 2.15. The van der Waals surface area contributed by atoms with Gasteiger partial charge < -0.3 is 9.80 Å². The minimum Gasteiger partial charge on any atom is -0.369 e. The number of likely N-dealkylation sites (tertiary alicyclic amines) is 1. The van der Waals surface area contributed by atoms with E-state index in [2.05, 4.69) is 39.8 Å². The van der Waals surface area contributed by atoms with Crippen molar-refractivity contribution in [1.82, 2.24) is 14.9 Å². The van der Waals surface area contributed by atoms with Gasteiger partial charge in [0.25, 0.3) is 0 Å². The van der Waals surface area contributed by atoms with E-state index in [-0.39, 0.29) is 0 Å². The van der Waals surface area contributed by atoms with Crippen LogP contribution in [-0.2, 0) is 4.79 Å². The van der Waals surface area contributed by atoms with E-state index >= 15 is 0 Å². The maximum atomic E-state index is 12.7. The van der Waals surface area contributed by atoms with Crippen LogP contribution in [0, 0.1) is 24.7 Å². The molecule has 0 aliphatic carbocycles. The second kappa shape index (κ2) is 8.16. The summed E-state index contributed by atoms with van der Waals surface area (Å²) < 4.78 is 0. The zero-order valence-electron chi connectivity index (χ0n) is 17.4. The Bertz CT molecular complexity index is 852. The minimum absolute atomic E-state index is 0.434. The van der Waals surface area contributed by atoms with Gasteiger partial charge in [0.05, 0.1) is 23.1 Å². The van der Waals surface area contributed by atoms with E-state index in [1.165, 1.54) is 11.8 Å². The molecule has 28 heavy (non-hydrogen) atoms. The highest BCUT2D eigenvalue weighted by Crippen LogP contribution is 2.33. The predicted molar refractivity (Wildman–Crippen MR) is 114 cm³/mol. The summed E-state index contributed by atoms with van der Waals surface area (Å²) >= 11 is 0. The predicted octanol–water partition coefficient (Wildman–Crippen LogP) is 3.70. The number of aryl methyl sites for hydroxylation is 1. The Labute approximate surface area is 168 Å². The number of ketones is 1. The Kier molecular flexibility index (Phi) is 5.63. The molecule has 0 bridgehead atoms. The molecular formula is C23H32N4O. The van der Waals surface area contributed by atoms with Crippen LogP contribution in [-0.4, -0.2) is 53.9 Å². The highest BCUT2D eigenvalue weighted by atomic mass is 16.1. The van der Waals surface area contributed by atoms with Crippen molar-refractivity contribution in [2.75, 3.05) is 38.1 Å². The van der Waals surface area contributed by atoms with Gasteiger partial charge in [0, 0.05) is 44.1 Å². The largest absolute Gasteiger partial charge is 0.369 e. The monoisotopic (exact) mass is 380 g/mol. The summed E-state index contributed by atoms with van der Waals surface area (Å²) in [5.41, 5.74) is 3.11. The molecule has 0 saturated carbocycles. The van der Waals surface area contributed by atoms with Crippen molar-refractivity contribution in [2.45, 2.75) is 39.5 Å². The zero-order chi connectivity index (χ0) is 19.7. The van der Waals surface area contributed by atoms with E-state index in [0.717, 1.165) is 62.3 Å². The topological polar surface area (TPSA) is 49.3 Å². The van der Waals surface area contributed by atoms with E-state index in [1.807, 2.05) is 25.4 Å². The molecule has 0 amide bonds. The molecule has 2 saturated heterocycles. The molecule has 2 fully saturated rings. The van der Waals surface area contributed by atoms with Gasteiger partial charge in [-0.25, -0.2) is 0 Å². The fourth-order valence-electron chi connectivity index (χ4n) is 5.19. The van der Waals surface area contributed by atoms with Crippen molar-refractivity contribution < 1.29 is 4.79 Å². The second-order valence-corrected chi connectivity index (χ2v) is 9.10. The molecule has 2 aliphatic heterocycles. The van der Waals surface area contributed by atoms with E-state index < -0.39 is 0 Å². The van der Waals surface area contributed by atoms with Gasteiger partial charge in [-0.2, -0.15) is 0 Å². The van der Waals surface area contributed by atoms with E-state index in [9.17, 15) is 4.79 Å². The Balaban J connectivity index is 1.47. The highest BCUT2D eigenvalue weighted by Gasteiger charge is 2.29. The number of Topliss-reactive ketones (excluding diaryl/α,β-unsaturated/α-hetero) is 1. The molecule has 1 unspecified atom stereocenters. The van der Waals surface area contributed by atoms with Crippen molar-refractivity contribution in [3.8, 4) is 0 Å². The average molecular weight is 381 g/mol. The number of pyridine rings is 2. The summed E-state index contributed by atoms with van der Waals surface area (Å²) in [6.07, 6.45) is 7.61. The summed E-state index contributed by atoms with van der Waals surface area (Å²) in [4.78, 5) is 26.6. The van der Waals surface area contributed by atoms with Crippen molar-refractivity contribution in [1.29, 1.82) is 0 Å². The molecule has 0 spiro atoms. The van der Waals surface area contributed by atoms with Gasteiger partial charge in [0.15, 0.2) is 0 Å². The third-order valence-corrected chi connectivity index (χ3v) is 6.42. The Morgan fingerprint density at radius 3 is 2.79 bits per heavy atom. The minimum atomic E-state index is 0.434. The fraction of sp³-hybridized carbons (Fsp3) is 0.609. The number of hydrogen-bond donors (Lipinski definition) is 0. The Morgan fingerprint density at radius 1 is 1.18 bits per heavy atom. The van der Waals surface area contributed by atoms with Crippen LogP contribution in [0.25, 0.3) is 10.9 Å². The first-order valence-electron chi connectivity index (χ1n) is 10.6. The van der Waals surface area contributed by atoms with Crippen LogP contribution >= 0.6 is 0 Å². The lowest BCUT2D eigenvalue weighted by Crippen LogP contribution is -2.40. The molecule has 5 heteroatoms. The van der Waals surface area contributed by atoms with Gasteiger partial charge in [-0.15, -0.1) is 0 Å². The molecule has 2 aromatic rings. The van der Waals surface area contributed by atoms with Crippen LogP contribution in [0.1, 0.15) is 38.3 Å². The van der Waals surface area contributed by atoms with Gasteiger partial charge in [-0.1, -0.05) is 6.92 Å². The molecule has 2 aromatic heterocycles. The maximum Gasteiger partial charge on any atom is 0.133 e. The normalized spacial score (nSPS) is 26.1. The lowest BCUT2D eigenvalue weighted by atomic mass is 9.85. The standard InChI is InChI=1S/C23H32N4O/c1-16-9-19(11-20(28)10-18-6-8-26(3)14-18)15-27(13-16)22-12-25-17(2)23-21(22)5-4-7-24-23/h4-5,7,12,16,18-19H,6,8-11,13-15H2,1-3H3/t16-,18?,19-/m0/s1. The van der Waals surface area contributed by atoms with Gasteiger partial charge >= 0.3 is 0 Å². The van der Waals surface area contributed by atoms with Crippen LogP contribution in [0.5, 0.6) is 0 Å². The first-order valence-corrected chi connectivity index (χ1v) is 10.6. The van der Waals surface area contributed by atoms with Gasteiger partial charge in [-0.05, 0) is 63.2 Å². The number of piperidine rings is 1. The summed E-state index contributed by atoms with van der Waals surface area (Å²) in [6, 6.07) is 4.14. The van der Waals surface area contributed by atoms with Crippen molar-refractivity contribution >= 4 is 22.4 Å². The van der Waals surface area contributed by atoms with Crippen LogP contribution in [0.2, 0.25) is 0 Å². The van der Waals surface area contributed by atoms with E-state index in [4.69, 9.17) is 0 Å².